The third-order valence-corrected chi connectivity index (χ3v) is 14.4. The molecule has 4 N–H and O–H groups in total. The number of anilines is 7. The quantitative estimate of drug-likeness (QED) is 0.0863. The van der Waals surface area contributed by atoms with Crippen LogP contribution in [0.4, 0.5) is 40.2 Å². The maximum Gasteiger partial charge on any atom is 0.262 e. The molecule has 0 aliphatic carbocycles. The third-order valence-electron chi connectivity index (χ3n) is 13.2. The van der Waals surface area contributed by atoms with Crippen molar-refractivity contribution >= 4 is 106 Å². The van der Waals surface area contributed by atoms with Crippen molar-refractivity contribution in [3.63, 3.8) is 0 Å². The van der Waals surface area contributed by atoms with Crippen molar-refractivity contribution in [1.29, 1.82) is 0 Å². The van der Waals surface area contributed by atoms with Crippen molar-refractivity contribution in [1.82, 2.24) is 44.8 Å². The van der Waals surface area contributed by atoms with Gasteiger partial charge in [0, 0.05) is 129 Å². The molecule has 3 saturated heterocycles. The van der Waals surface area contributed by atoms with Gasteiger partial charge in [-0.25, -0.2) is 9.19 Å². The minimum Gasteiger partial charge on any atom is -0.494 e. The third kappa shape index (κ3) is 9.45. The molecule has 3 fully saturated rings. The lowest BCUT2D eigenvalue weighted by Crippen LogP contribution is -2.54. The minimum absolute atomic E-state index is 0.0790. The Bertz CT molecular complexity index is 3190. The van der Waals surface area contributed by atoms with E-state index in [1.54, 1.807) is 42.5 Å². The Morgan fingerprint density at radius 3 is 2.36 bits per heavy atom. The Morgan fingerprint density at radius 1 is 0.857 bits per heavy atom. The number of benzene rings is 3. The van der Waals surface area contributed by atoms with Crippen LogP contribution >= 0.6 is 15.9 Å². The largest absolute Gasteiger partial charge is 0.494 e. The molecular formula is C48H51BrN14O6S. The first-order valence-electron chi connectivity index (χ1n) is 22.9. The highest BCUT2D eigenvalue weighted by atomic mass is 79.9. The molecule has 6 aromatic rings. The molecule has 362 valence electrons. The Morgan fingerprint density at radius 2 is 1.63 bits per heavy atom. The second kappa shape index (κ2) is 19.0. The summed E-state index contributed by atoms with van der Waals surface area (Å²) >= 11 is 3.59. The average molecular weight is 1030 g/mol. The fraction of sp³-hybridized carbons (Fsp3) is 0.333. The topological polar surface area (TPSA) is 225 Å². The van der Waals surface area contributed by atoms with E-state index in [1.165, 1.54) is 6.26 Å². The first-order valence-corrected chi connectivity index (χ1v) is 25.8. The highest BCUT2D eigenvalue weighted by molar-refractivity contribution is 9.10. The summed E-state index contributed by atoms with van der Waals surface area (Å²) in [7, 11) is 0.855. The number of carbonyl (C=O) groups is 4. The molecule has 22 heteroatoms. The van der Waals surface area contributed by atoms with E-state index >= 15 is 0 Å². The van der Waals surface area contributed by atoms with Gasteiger partial charge in [-0.15, -0.1) is 0 Å². The van der Waals surface area contributed by atoms with Gasteiger partial charge in [0.25, 0.3) is 11.8 Å². The Hall–Kier alpha value is -7.17. The first kappa shape index (κ1) is 46.6. The number of amides is 4. The predicted octanol–water partition coefficient (Wildman–Crippen LogP) is 5.19. The number of halogens is 1. The molecule has 4 aliphatic rings. The number of rotatable bonds is 13. The minimum atomic E-state index is -2.68. The van der Waals surface area contributed by atoms with Crippen molar-refractivity contribution in [2.24, 2.45) is 13.0 Å². The zero-order chi connectivity index (χ0) is 48.8. The summed E-state index contributed by atoms with van der Waals surface area (Å²) in [4.78, 5) is 77.4. The summed E-state index contributed by atoms with van der Waals surface area (Å²) in [6.45, 7) is 5.95. The summed E-state index contributed by atoms with van der Waals surface area (Å²) in [6, 6.07) is 12.1. The van der Waals surface area contributed by atoms with Crippen molar-refractivity contribution in [3.8, 4) is 16.9 Å². The molecule has 70 heavy (non-hydrogen) atoms. The summed E-state index contributed by atoms with van der Waals surface area (Å²) in [6.07, 6.45) is 12.4. The molecule has 3 aromatic heterocycles. The van der Waals surface area contributed by atoms with Crippen molar-refractivity contribution in [2.45, 2.75) is 31.7 Å². The molecule has 2 atom stereocenters. The van der Waals surface area contributed by atoms with E-state index in [0.717, 1.165) is 86.1 Å². The molecule has 10 rings (SSSR count). The van der Waals surface area contributed by atoms with E-state index in [4.69, 9.17) is 9.72 Å². The van der Waals surface area contributed by atoms with Crippen LogP contribution in [0.15, 0.2) is 77.9 Å². The maximum atomic E-state index is 13.5. The molecule has 0 spiro atoms. The number of piperazine rings is 1. The molecule has 0 saturated carbocycles. The molecule has 20 nitrogen and oxygen atoms in total. The van der Waals surface area contributed by atoms with Crippen molar-refractivity contribution < 1.29 is 28.1 Å². The summed E-state index contributed by atoms with van der Waals surface area (Å²) in [5.74, 6) is 3.64. The van der Waals surface area contributed by atoms with Gasteiger partial charge in [0.05, 0.1) is 51.5 Å². The lowest BCUT2D eigenvalue weighted by Gasteiger charge is -2.40. The number of nitrogens with zero attached hydrogens (tertiary/aromatic N) is 10. The number of methoxy groups -OCH3 is 1. The first-order chi connectivity index (χ1) is 33.7. The number of hydrogen-bond acceptors (Lipinski definition) is 16. The summed E-state index contributed by atoms with van der Waals surface area (Å²) in [5, 5.41) is 13.5. The van der Waals surface area contributed by atoms with Gasteiger partial charge in [0.15, 0.2) is 0 Å². The van der Waals surface area contributed by atoms with Crippen LogP contribution in [0, 0.1) is 5.92 Å². The zero-order valence-electron chi connectivity index (χ0n) is 38.8. The molecule has 0 bridgehead atoms. The Labute approximate surface area is 412 Å². The van der Waals surface area contributed by atoms with Crippen LogP contribution in [0.3, 0.4) is 0 Å². The number of nitrogens with one attached hydrogen (secondary N) is 4. The zero-order valence-corrected chi connectivity index (χ0v) is 41.2. The molecule has 4 amide bonds. The molecule has 2 unspecified atom stereocenters. The smallest absolute Gasteiger partial charge is 0.262 e. The van der Waals surface area contributed by atoms with Crippen LogP contribution in [0.25, 0.3) is 22.2 Å². The van der Waals surface area contributed by atoms with Crippen LogP contribution in [0.1, 0.15) is 46.4 Å². The standard InChI is InChI=1S/C48H51BrN14O6S/c1-59-27-29(24-53-59)32-22-37(55-48-52-25-34(49)44(57-48)54-36-8-7-35-42(51-14-13-50-35)43(36)58-70(3,4)68)40(69-2)23-39(32)62-15-11-28(12-16-62)26-60-17-19-61(20-18-60)30-5-6-31-33(21-30)47(67)63(46(31)66)38-9-10-41(64)56-45(38)65/h5-8,13-14,21-25,27-28,38H,3,9-12,15-20,26H2,1-2,4H3,(H,58,68)(H,56,64,65)(H2,52,54,55,57). The van der Waals surface area contributed by atoms with E-state index < -0.39 is 39.4 Å². The Balaban J connectivity index is 0.801. The van der Waals surface area contributed by atoms with E-state index in [2.05, 4.69) is 89.4 Å². The highest BCUT2D eigenvalue weighted by Gasteiger charge is 2.45. The van der Waals surface area contributed by atoms with Gasteiger partial charge in [-0.1, -0.05) is 0 Å². The van der Waals surface area contributed by atoms with Crippen LogP contribution in [0.5, 0.6) is 5.75 Å². The van der Waals surface area contributed by atoms with Crippen molar-refractivity contribution in [3.05, 3.63) is 89.0 Å². The van der Waals surface area contributed by atoms with Crippen molar-refractivity contribution in [2.75, 3.05) is 84.3 Å². The van der Waals surface area contributed by atoms with E-state index in [-0.39, 0.29) is 18.4 Å². The SMILES string of the molecule is C=S(C)(=O)Nc1c(Nc2nc(Nc3cc(-c4cnn(C)c4)c(N4CCC(CN5CCN(c6ccc7c(c6)C(=O)N(C6CCC(=O)NC6=O)C7=O)CC5)CC4)cc3OC)ncc2Br)ccc2nccnc12. The van der Waals surface area contributed by atoms with Gasteiger partial charge in [0.2, 0.25) is 17.8 Å². The van der Waals surface area contributed by atoms with E-state index in [1.807, 2.05) is 37.6 Å². The average Bonchev–Trinajstić information content (AvgIpc) is 3.89. The van der Waals surface area contributed by atoms with Gasteiger partial charge >= 0.3 is 0 Å². The van der Waals surface area contributed by atoms with E-state index in [0.29, 0.717) is 61.6 Å². The predicted molar refractivity (Wildman–Crippen MR) is 273 cm³/mol. The monoisotopic (exact) mass is 1030 g/mol. The van der Waals surface area contributed by atoms with Gasteiger partial charge in [-0.3, -0.25) is 48.9 Å². The van der Waals surface area contributed by atoms with Gasteiger partial charge in [0.1, 0.15) is 23.1 Å². The van der Waals surface area contributed by atoms with Crippen LogP contribution in [-0.2, 0) is 26.3 Å². The lowest BCUT2D eigenvalue weighted by molar-refractivity contribution is -0.136. The maximum absolute atomic E-state index is 13.5. The molecule has 3 aromatic carbocycles. The fourth-order valence-corrected chi connectivity index (χ4v) is 10.6. The molecular weight excluding hydrogens is 981 g/mol. The highest BCUT2D eigenvalue weighted by Crippen LogP contribution is 2.42. The summed E-state index contributed by atoms with van der Waals surface area (Å²) in [5.41, 5.74) is 7.26. The molecule has 0 radical (unpaired) electrons. The molecule has 7 heterocycles. The number of aryl methyl sites for hydroxylation is 1. The second-order valence-electron chi connectivity index (χ2n) is 18.0. The molecule has 4 aliphatic heterocycles. The van der Waals surface area contributed by atoms with Gasteiger partial charge < -0.3 is 29.9 Å². The van der Waals surface area contributed by atoms with Crippen LogP contribution in [-0.4, -0.2) is 138 Å². The number of hydrogen-bond donors (Lipinski definition) is 4. The Kier molecular flexibility index (Phi) is 12.6. The second-order valence-corrected chi connectivity index (χ2v) is 21.1. The van der Waals surface area contributed by atoms with Gasteiger partial charge in [-0.2, -0.15) is 10.1 Å². The van der Waals surface area contributed by atoms with Gasteiger partial charge in [-0.05, 0) is 83.4 Å². The number of carbonyl (C=O) groups excluding carboxylic acids is 4. The normalized spacial score (nSPS) is 18.7. The number of fused-ring (bicyclic) bond motifs is 2. The van der Waals surface area contributed by atoms with Crippen LogP contribution in [0.2, 0.25) is 0 Å². The van der Waals surface area contributed by atoms with E-state index in [9.17, 15) is 23.4 Å². The number of piperidine rings is 2. The number of aromatic nitrogens is 6. The summed E-state index contributed by atoms with van der Waals surface area (Å²) < 4.78 is 24.3. The van der Waals surface area contributed by atoms with Crippen LogP contribution < -0.4 is 35.2 Å². The number of ether oxygens (including phenoxy) is 1. The lowest BCUT2D eigenvalue weighted by atomic mass is 9.94. The fourth-order valence-electron chi connectivity index (χ4n) is 9.68. The number of imide groups is 2.